The van der Waals surface area contributed by atoms with Crippen molar-refractivity contribution in [2.75, 3.05) is 35.2 Å². The van der Waals surface area contributed by atoms with Crippen molar-refractivity contribution in [2.24, 2.45) is 0 Å². The highest BCUT2D eigenvalue weighted by molar-refractivity contribution is 6.31. The van der Waals surface area contributed by atoms with Gasteiger partial charge in [-0.1, -0.05) is 41.9 Å². The van der Waals surface area contributed by atoms with Crippen LogP contribution < -0.4 is 20.9 Å². The summed E-state index contributed by atoms with van der Waals surface area (Å²) in [5.74, 6) is -0.746. The van der Waals surface area contributed by atoms with Gasteiger partial charge in [0.2, 0.25) is 0 Å². The highest BCUT2D eigenvalue weighted by atomic mass is 35.5. The highest BCUT2D eigenvalue weighted by Gasteiger charge is 2.20. The van der Waals surface area contributed by atoms with Gasteiger partial charge in [0, 0.05) is 36.7 Å². The molecule has 8 heteroatoms. The van der Waals surface area contributed by atoms with E-state index in [1.807, 2.05) is 36.4 Å². The lowest BCUT2D eigenvalue weighted by Crippen LogP contribution is -2.33. The van der Waals surface area contributed by atoms with Crippen LogP contribution in [0.15, 0.2) is 66.7 Å². The van der Waals surface area contributed by atoms with Crippen LogP contribution in [0, 0.1) is 5.82 Å². The molecule has 0 atom stereocenters. The minimum absolute atomic E-state index is 0.0804. The average molecular weight is 495 g/mol. The number of anilines is 3. The zero-order chi connectivity index (χ0) is 24.6. The number of benzene rings is 3. The first-order valence-corrected chi connectivity index (χ1v) is 12.1. The summed E-state index contributed by atoms with van der Waals surface area (Å²) in [5, 5.41) is 8.31. The molecule has 4 rings (SSSR count). The fourth-order valence-corrected chi connectivity index (χ4v) is 4.31. The van der Waals surface area contributed by atoms with Crippen LogP contribution >= 0.6 is 11.6 Å². The van der Waals surface area contributed by atoms with E-state index >= 15 is 0 Å². The van der Waals surface area contributed by atoms with E-state index in [1.165, 1.54) is 24.6 Å². The van der Waals surface area contributed by atoms with Crippen molar-refractivity contribution in [2.45, 2.75) is 25.7 Å². The molecule has 1 saturated heterocycles. The Morgan fingerprint density at radius 2 is 1.57 bits per heavy atom. The fraction of sp³-hybridized carbons (Fsp3) is 0.259. The molecule has 0 unspecified atom stereocenters. The second-order valence-electron chi connectivity index (χ2n) is 8.48. The van der Waals surface area contributed by atoms with Gasteiger partial charge in [0.25, 0.3) is 5.91 Å². The molecule has 3 amide bonds. The van der Waals surface area contributed by atoms with Crippen molar-refractivity contribution in [1.29, 1.82) is 0 Å². The molecule has 0 radical (unpaired) electrons. The molecule has 0 spiro atoms. The molecule has 1 heterocycles. The van der Waals surface area contributed by atoms with Gasteiger partial charge in [-0.25, -0.2) is 9.18 Å². The zero-order valence-electron chi connectivity index (χ0n) is 19.3. The van der Waals surface area contributed by atoms with Gasteiger partial charge in [-0.05, 0) is 67.6 Å². The lowest BCUT2D eigenvalue weighted by atomic mass is 10.1. The third-order valence-electron chi connectivity index (χ3n) is 5.92. The molecule has 1 aliphatic rings. The number of rotatable bonds is 7. The Morgan fingerprint density at radius 1 is 0.886 bits per heavy atom. The van der Waals surface area contributed by atoms with Gasteiger partial charge in [-0.2, -0.15) is 0 Å². The van der Waals surface area contributed by atoms with Crippen LogP contribution in [0.2, 0.25) is 5.02 Å². The Bertz CT molecular complexity index is 1180. The topological polar surface area (TPSA) is 73.5 Å². The van der Waals surface area contributed by atoms with E-state index in [4.69, 9.17) is 11.6 Å². The molecule has 0 saturated carbocycles. The molecule has 6 nitrogen and oxygen atoms in total. The van der Waals surface area contributed by atoms with Crippen molar-refractivity contribution in [3.8, 4) is 0 Å². The molecule has 3 aromatic carbocycles. The van der Waals surface area contributed by atoms with E-state index < -0.39 is 11.8 Å². The number of amides is 3. The van der Waals surface area contributed by atoms with Gasteiger partial charge in [-0.3, -0.25) is 4.79 Å². The number of nitrogens with zero attached hydrogens (tertiary/aromatic N) is 1. The summed E-state index contributed by atoms with van der Waals surface area (Å²) >= 11 is 5.79. The summed E-state index contributed by atoms with van der Waals surface area (Å²) in [5.41, 5.74) is 3.36. The number of carbonyl (C=O) groups excluding carboxylic acids is 2. The number of hydrogen-bond acceptors (Lipinski definition) is 3. The maximum Gasteiger partial charge on any atom is 0.323 e. The summed E-state index contributed by atoms with van der Waals surface area (Å²) in [4.78, 5) is 27.9. The molecule has 35 heavy (non-hydrogen) atoms. The van der Waals surface area contributed by atoms with Crippen LogP contribution in [-0.2, 0) is 6.42 Å². The van der Waals surface area contributed by atoms with Crippen molar-refractivity contribution < 1.29 is 14.0 Å². The van der Waals surface area contributed by atoms with Gasteiger partial charge in [0.15, 0.2) is 0 Å². The van der Waals surface area contributed by atoms with Crippen LogP contribution in [-0.4, -0.2) is 31.6 Å². The molecule has 3 N–H and O–H groups in total. The molecule has 0 aromatic heterocycles. The number of nitrogens with one attached hydrogen (secondary N) is 3. The highest BCUT2D eigenvalue weighted by Crippen LogP contribution is 2.27. The van der Waals surface area contributed by atoms with Crippen molar-refractivity contribution in [1.82, 2.24) is 5.32 Å². The van der Waals surface area contributed by atoms with Gasteiger partial charge in [0.1, 0.15) is 5.82 Å². The smallest absolute Gasteiger partial charge is 0.323 e. The summed E-state index contributed by atoms with van der Waals surface area (Å²) < 4.78 is 13.4. The first-order valence-electron chi connectivity index (χ1n) is 11.7. The molecule has 1 fully saturated rings. The van der Waals surface area contributed by atoms with E-state index in [-0.39, 0.29) is 10.9 Å². The molecule has 182 valence electrons. The minimum atomic E-state index is -0.561. The molecular formula is C27H28ClFN4O2. The van der Waals surface area contributed by atoms with E-state index in [2.05, 4.69) is 20.9 Å². The molecule has 3 aromatic rings. The Kier molecular flexibility index (Phi) is 8.21. The summed E-state index contributed by atoms with van der Waals surface area (Å²) in [6.07, 6.45) is 4.07. The molecule has 0 aliphatic carbocycles. The Hall–Kier alpha value is -3.58. The molecule has 0 bridgehead atoms. The fourth-order valence-electron chi connectivity index (χ4n) is 4.13. The quantitative estimate of drug-likeness (QED) is 0.372. The zero-order valence-corrected chi connectivity index (χ0v) is 20.1. The van der Waals surface area contributed by atoms with E-state index in [0.29, 0.717) is 23.5 Å². The minimum Gasteiger partial charge on any atom is -0.371 e. The summed E-state index contributed by atoms with van der Waals surface area (Å²) in [7, 11) is 0. The van der Waals surface area contributed by atoms with Gasteiger partial charge < -0.3 is 20.9 Å². The largest absolute Gasteiger partial charge is 0.371 e. The van der Waals surface area contributed by atoms with E-state index in [1.54, 1.807) is 12.1 Å². The van der Waals surface area contributed by atoms with Crippen molar-refractivity contribution in [3.05, 3.63) is 88.7 Å². The number of halogens is 2. The number of hydrogen-bond donors (Lipinski definition) is 3. The lowest BCUT2D eigenvalue weighted by Gasteiger charge is -2.30. The van der Waals surface area contributed by atoms with Crippen LogP contribution in [0.5, 0.6) is 0 Å². The number of carbonyl (C=O) groups is 2. The second-order valence-corrected chi connectivity index (χ2v) is 8.89. The van der Waals surface area contributed by atoms with Crippen molar-refractivity contribution in [3.63, 3.8) is 0 Å². The number of piperidine rings is 1. The summed E-state index contributed by atoms with van der Waals surface area (Å²) in [6.45, 7) is 2.29. The normalized spacial score (nSPS) is 13.3. The van der Waals surface area contributed by atoms with Crippen LogP contribution in [0.25, 0.3) is 0 Å². The third kappa shape index (κ3) is 6.73. The Labute approximate surface area is 209 Å². The predicted octanol–water partition coefficient (Wildman–Crippen LogP) is 6.09. The van der Waals surface area contributed by atoms with Crippen LogP contribution in [0.4, 0.5) is 26.2 Å². The Morgan fingerprint density at radius 3 is 2.29 bits per heavy atom. The predicted molar refractivity (Wildman–Crippen MR) is 139 cm³/mol. The SMILES string of the molecule is O=C(Nc1ccc(F)c(Cl)c1)Nc1ccc(N2CCCCC2)c(C(=O)NCCc2ccccc2)c1. The van der Waals surface area contributed by atoms with Gasteiger partial charge >= 0.3 is 6.03 Å². The second kappa shape index (κ2) is 11.7. The number of urea groups is 1. The maximum absolute atomic E-state index is 13.4. The first-order chi connectivity index (χ1) is 17.0. The third-order valence-corrected chi connectivity index (χ3v) is 6.20. The average Bonchev–Trinajstić information content (AvgIpc) is 2.87. The molecule has 1 aliphatic heterocycles. The first kappa shape index (κ1) is 24.5. The van der Waals surface area contributed by atoms with Crippen LogP contribution in [0.3, 0.4) is 0 Å². The monoisotopic (exact) mass is 494 g/mol. The summed E-state index contributed by atoms with van der Waals surface area (Å²) in [6, 6.07) is 18.8. The maximum atomic E-state index is 13.4. The lowest BCUT2D eigenvalue weighted by molar-refractivity contribution is 0.0954. The van der Waals surface area contributed by atoms with Gasteiger partial charge in [0.05, 0.1) is 10.6 Å². The van der Waals surface area contributed by atoms with E-state index in [9.17, 15) is 14.0 Å². The van der Waals surface area contributed by atoms with Crippen molar-refractivity contribution >= 4 is 40.6 Å². The van der Waals surface area contributed by atoms with Gasteiger partial charge in [-0.15, -0.1) is 0 Å². The molecular weight excluding hydrogens is 467 g/mol. The standard InChI is InChI=1S/C27H28ClFN4O2/c28-23-18-21(9-11-24(23)29)32-27(35)31-20-10-12-25(33-15-5-2-6-16-33)22(17-20)26(34)30-14-13-19-7-3-1-4-8-19/h1,3-4,7-12,17-18H,2,5-6,13-16H2,(H,30,34)(H2,31,32,35). The van der Waals surface area contributed by atoms with Crippen LogP contribution in [0.1, 0.15) is 35.2 Å². The Balaban J connectivity index is 1.47. The van der Waals surface area contributed by atoms with E-state index in [0.717, 1.165) is 43.6 Å².